The monoisotopic (exact) mass is 489 g/mol. The SMILES string of the molecule is Cc1nc(-c2ccc(CN3CC(c4ccc(OC(F)F)c5oc6ccccc6c45)CC3=O)cc2)no1. The van der Waals surface area contributed by atoms with E-state index in [1.165, 1.54) is 6.07 Å². The van der Waals surface area contributed by atoms with Crippen molar-refractivity contribution >= 4 is 27.8 Å². The molecular weight excluding hydrogens is 468 g/mol. The van der Waals surface area contributed by atoms with Gasteiger partial charge in [0.25, 0.3) is 0 Å². The minimum atomic E-state index is -2.97. The third kappa shape index (κ3) is 3.96. The molecule has 0 saturated carbocycles. The van der Waals surface area contributed by atoms with E-state index in [0.29, 0.717) is 42.2 Å². The van der Waals surface area contributed by atoms with E-state index >= 15 is 0 Å². The first-order valence-corrected chi connectivity index (χ1v) is 11.5. The van der Waals surface area contributed by atoms with E-state index in [-0.39, 0.29) is 23.2 Å². The lowest BCUT2D eigenvalue weighted by Gasteiger charge is -2.18. The predicted molar refractivity (Wildman–Crippen MR) is 128 cm³/mol. The molecule has 1 aliphatic heterocycles. The molecule has 1 saturated heterocycles. The van der Waals surface area contributed by atoms with Crippen molar-refractivity contribution in [1.29, 1.82) is 0 Å². The molecule has 1 fully saturated rings. The average Bonchev–Trinajstić information content (AvgIpc) is 3.57. The van der Waals surface area contributed by atoms with Crippen molar-refractivity contribution in [3.8, 4) is 17.1 Å². The van der Waals surface area contributed by atoms with E-state index in [0.717, 1.165) is 22.1 Å². The highest BCUT2D eigenvalue weighted by atomic mass is 19.3. The van der Waals surface area contributed by atoms with Crippen LogP contribution in [0.5, 0.6) is 5.75 Å². The highest BCUT2D eigenvalue weighted by Gasteiger charge is 2.33. The number of benzene rings is 3. The standard InChI is InChI=1S/C27H21F2N3O4/c1-15-30-26(31-36-15)17-8-6-16(7-9-17)13-32-14-18(12-23(32)33)19-10-11-22(35-27(28)29)25-24(19)20-4-2-3-5-21(20)34-25/h2-11,18,27H,12-14H2,1H3. The van der Waals surface area contributed by atoms with Crippen molar-refractivity contribution in [3.63, 3.8) is 0 Å². The number of furan rings is 1. The number of ether oxygens (including phenoxy) is 1. The van der Waals surface area contributed by atoms with Gasteiger partial charge in [0.05, 0.1) is 0 Å². The number of aromatic nitrogens is 2. The van der Waals surface area contributed by atoms with Crippen molar-refractivity contribution < 1.29 is 27.3 Å². The van der Waals surface area contributed by atoms with Crippen molar-refractivity contribution in [1.82, 2.24) is 15.0 Å². The lowest BCUT2D eigenvalue weighted by atomic mass is 9.93. The molecule has 36 heavy (non-hydrogen) atoms. The van der Waals surface area contributed by atoms with Crippen LogP contribution in [-0.4, -0.2) is 34.1 Å². The Morgan fingerprint density at radius 1 is 1.11 bits per heavy atom. The van der Waals surface area contributed by atoms with Gasteiger partial charge in [-0.2, -0.15) is 13.8 Å². The Morgan fingerprint density at radius 2 is 1.92 bits per heavy atom. The van der Waals surface area contributed by atoms with Crippen molar-refractivity contribution in [2.75, 3.05) is 6.54 Å². The van der Waals surface area contributed by atoms with Crippen molar-refractivity contribution in [3.05, 3.63) is 77.7 Å². The van der Waals surface area contributed by atoms with Gasteiger partial charge in [-0.1, -0.05) is 53.7 Å². The summed E-state index contributed by atoms with van der Waals surface area (Å²) < 4.78 is 41.7. The number of carbonyl (C=O) groups excluding carboxylic acids is 1. The quantitative estimate of drug-likeness (QED) is 0.288. The van der Waals surface area contributed by atoms with Gasteiger partial charge in [-0.3, -0.25) is 4.79 Å². The molecule has 0 radical (unpaired) electrons. The fourth-order valence-corrected chi connectivity index (χ4v) is 4.89. The van der Waals surface area contributed by atoms with Crippen LogP contribution in [0.4, 0.5) is 8.78 Å². The fraction of sp³-hybridized carbons (Fsp3) is 0.222. The molecule has 1 aliphatic rings. The summed E-state index contributed by atoms with van der Waals surface area (Å²) in [5, 5.41) is 5.45. The van der Waals surface area contributed by atoms with Crippen LogP contribution < -0.4 is 4.74 Å². The number of fused-ring (bicyclic) bond motifs is 3. The van der Waals surface area contributed by atoms with Crippen molar-refractivity contribution in [2.45, 2.75) is 32.4 Å². The van der Waals surface area contributed by atoms with Gasteiger partial charge in [0.2, 0.25) is 17.6 Å². The maximum atomic E-state index is 13.0. The third-order valence-corrected chi connectivity index (χ3v) is 6.51. The molecule has 1 amide bonds. The molecule has 0 bridgehead atoms. The molecule has 5 aromatic rings. The first-order chi connectivity index (χ1) is 17.5. The highest BCUT2D eigenvalue weighted by molar-refractivity contribution is 6.09. The predicted octanol–water partition coefficient (Wildman–Crippen LogP) is 6.06. The highest BCUT2D eigenvalue weighted by Crippen LogP contribution is 2.42. The van der Waals surface area contributed by atoms with Crippen LogP contribution in [0.15, 0.2) is 69.6 Å². The van der Waals surface area contributed by atoms with E-state index in [9.17, 15) is 13.6 Å². The number of hydrogen-bond donors (Lipinski definition) is 0. The van der Waals surface area contributed by atoms with Gasteiger partial charge in [-0.05, 0) is 23.3 Å². The second-order valence-electron chi connectivity index (χ2n) is 8.84. The van der Waals surface area contributed by atoms with E-state index in [4.69, 9.17) is 13.7 Å². The second kappa shape index (κ2) is 8.75. The molecule has 182 valence electrons. The lowest BCUT2D eigenvalue weighted by molar-refractivity contribution is -0.128. The van der Waals surface area contributed by atoms with Crippen molar-refractivity contribution in [2.24, 2.45) is 0 Å². The third-order valence-electron chi connectivity index (χ3n) is 6.51. The smallest absolute Gasteiger partial charge is 0.387 e. The first kappa shape index (κ1) is 22.2. The van der Waals surface area contributed by atoms with Gasteiger partial charge in [0, 0.05) is 48.7 Å². The molecule has 3 aromatic carbocycles. The molecule has 6 rings (SSSR count). The number of carbonyl (C=O) groups is 1. The fourth-order valence-electron chi connectivity index (χ4n) is 4.89. The molecule has 3 heterocycles. The Balaban J connectivity index is 1.28. The van der Waals surface area contributed by atoms with Gasteiger partial charge in [-0.15, -0.1) is 0 Å². The number of nitrogens with zero attached hydrogens (tertiary/aromatic N) is 3. The molecule has 0 spiro atoms. The first-order valence-electron chi connectivity index (χ1n) is 11.5. The van der Waals surface area contributed by atoms with Crippen LogP contribution in [0.3, 0.4) is 0 Å². The summed E-state index contributed by atoms with van der Waals surface area (Å²) in [7, 11) is 0. The average molecular weight is 489 g/mol. The van der Waals surface area contributed by atoms with Gasteiger partial charge in [0.1, 0.15) is 5.58 Å². The Bertz CT molecular complexity index is 1580. The normalized spacial score (nSPS) is 16.1. The second-order valence-corrected chi connectivity index (χ2v) is 8.84. The Kier molecular flexibility index (Phi) is 5.40. The zero-order valence-corrected chi connectivity index (χ0v) is 19.3. The minimum Gasteiger partial charge on any atom is -0.452 e. The number of hydrogen-bond acceptors (Lipinski definition) is 6. The molecule has 7 nitrogen and oxygen atoms in total. The zero-order chi connectivity index (χ0) is 24.8. The molecule has 2 aromatic heterocycles. The van der Waals surface area contributed by atoms with Crippen LogP contribution in [0.25, 0.3) is 33.3 Å². The van der Waals surface area contributed by atoms with Gasteiger partial charge < -0.3 is 18.6 Å². The lowest BCUT2D eigenvalue weighted by Crippen LogP contribution is -2.24. The summed E-state index contributed by atoms with van der Waals surface area (Å²) in [4.78, 5) is 19.0. The van der Waals surface area contributed by atoms with E-state index in [1.54, 1.807) is 19.1 Å². The van der Waals surface area contributed by atoms with Crippen LogP contribution in [-0.2, 0) is 11.3 Å². The number of para-hydroxylation sites is 1. The summed E-state index contributed by atoms with van der Waals surface area (Å²) >= 11 is 0. The Labute approximate surface area is 204 Å². The van der Waals surface area contributed by atoms with Crippen LogP contribution in [0.2, 0.25) is 0 Å². The van der Waals surface area contributed by atoms with Gasteiger partial charge in [-0.25, -0.2) is 0 Å². The summed E-state index contributed by atoms with van der Waals surface area (Å²) in [6, 6.07) is 18.3. The number of alkyl halides is 2. The maximum absolute atomic E-state index is 13.0. The molecule has 1 atom stereocenters. The van der Waals surface area contributed by atoms with Crippen LogP contribution >= 0.6 is 0 Å². The number of halogens is 2. The summed E-state index contributed by atoms with van der Waals surface area (Å²) in [5.41, 5.74) is 3.55. The molecule has 9 heteroatoms. The Hall–Kier alpha value is -4.27. The topological polar surface area (TPSA) is 81.6 Å². The van der Waals surface area contributed by atoms with E-state index < -0.39 is 6.61 Å². The van der Waals surface area contributed by atoms with Gasteiger partial charge >= 0.3 is 6.61 Å². The van der Waals surface area contributed by atoms with Gasteiger partial charge in [0.15, 0.2) is 11.3 Å². The van der Waals surface area contributed by atoms with Crippen LogP contribution in [0.1, 0.15) is 29.4 Å². The van der Waals surface area contributed by atoms with E-state index in [1.807, 2.05) is 47.4 Å². The maximum Gasteiger partial charge on any atom is 0.387 e. The molecule has 1 unspecified atom stereocenters. The number of rotatable bonds is 6. The Morgan fingerprint density at radius 3 is 2.67 bits per heavy atom. The number of amides is 1. The molecule has 0 N–H and O–H groups in total. The summed E-state index contributed by atoms with van der Waals surface area (Å²) in [5.74, 6) is 0.927. The number of likely N-dealkylation sites (tertiary alicyclic amines) is 1. The molecule has 0 aliphatic carbocycles. The summed E-state index contributed by atoms with van der Waals surface area (Å²) in [6.07, 6.45) is 0.323. The minimum absolute atomic E-state index is 0.0157. The number of aryl methyl sites for hydroxylation is 1. The largest absolute Gasteiger partial charge is 0.452 e. The zero-order valence-electron chi connectivity index (χ0n) is 19.3. The van der Waals surface area contributed by atoms with E-state index in [2.05, 4.69) is 10.1 Å². The molecular formula is C27H21F2N3O4. The van der Waals surface area contributed by atoms with Crippen LogP contribution in [0, 0.1) is 6.92 Å². The summed E-state index contributed by atoms with van der Waals surface area (Å²) in [6.45, 7) is -0.261.